The molecule has 2 unspecified atom stereocenters. The van der Waals surface area contributed by atoms with Crippen LogP contribution < -0.4 is 0 Å². The normalized spacial score (nSPS) is 15.7. The molecule has 0 fully saturated rings. The van der Waals surface area contributed by atoms with Crippen molar-refractivity contribution in [3.63, 3.8) is 0 Å². The van der Waals surface area contributed by atoms with Crippen LogP contribution in [0, 0.1) is 0 Å². The van der Waals surface area contributed by atoms with Gasteiger partial charge in [-0.05, 0) is 12.1 Å². The standard InChI is InChI=1S/C8H11ClO3S/c9-3-6(11)8(12)7-2-1-5(4-10)13-7/h1-2,6,8,10-12H,3-4H2. The van der Waals surface area contributed by atoms with E-state index in [9.17, 15) is 10.2 Å². The first-order chi connectivity index (χ1) is 6.19. The summed E-state index contributed by atoms with van der Waals surface area (Å²) in [5.41, 5.74) is 0. The predicted octanol–water partition coefficient (Wildman–Crippen LogP) is 0.873. The van der Waals surface area contributed by atoms with Gasteiger partial charge >= 0.3 is 0 Å². The summed E-state index contributed by atoms with van der Waals surface area (Å²) >= 11 is 6.65. The van der Waals surface area contributed by atoms with Gasteiger partial charge < -0.3 is 15.3 Å². The van der Waals surface area contributed by atoms with E-state index in [1.54, 1.807) is 12.1 Å². The fraction of sp³-hybridized carbons (Fsp3) is 0.500. The van der Waals surface area contributed by atoms with Crippen LogP contribution in [-0.2, 0) is 6.61 Å². The van der Waals surface area contributed by atoms with Crippen molar-refractivity contribution in [1.29, 1.82) is 0 Å². The van der Waals surface area contributed by atoms with Gasteiger partial charge in [-0.1, -0.05) is 0 Å². The molecule has 0 amide bonds. The molecule has 13 heavy (non-hydrogen) atoms. The van der Waals surface area contributed by atoms with Crippen molar-refractivity contribution in [2.75, 3.05) is 5.88 Å². The molecule has 0 saturated carbocycles. The van der Waals surface area contributed by atoms with Crippen molar-refractivity contribution in [3.05, 3.63) is 21.9 Å². The van der Waals surface area contributed by atoms with Crippen LogP contribution in [0.2, 0.25) is 0 Å². The molecule has 1 aromatic heterocycles. The first-order valence-corrected chi connectivity index (χ1v) is 5.15. The number of aliphatic hydroxyl groups excluding tert-OH is 3. The van der Waals surface area contributed by atoms with E-state index >= 15 is 0 Å². The average Bonchev–Trinajstić information content (AvgIpc) is 2.63. The summed E-state index contributed by atoms with van der Waals surface area (Å²) < 4.78 is 0. The minimum Gasteiger partial charge on any atom is -0.391 e. The molecule has 3 N–H and O–H groups in total. The second-order valence-corrected chi connectivity index (χ2v) is 4.14. The van der Waals surface area contributed by atoms with Gasteiger partial charge in [-0.2, -0.15) is 0 Å². The number of hydrogen-bond acceptors (Lipinski definition) is 4. The monoisotopic (exact) mass is 222 g/mol. The number of aliphatic hydroxyl groups is 3. The molecule has 3 nitrogen and oxygen atoms in total. The van der Waals surface area contributed by atoms with Gasteiger partial charge in [-0.15, -0.1) is 22.9 Å². The summed E-state index contributed by atoms with van der Waals surface area (Å²) in [6.07, 6.45) is -1.91. The molecule has 1 rings (SSSR count). The molecular weight excluding hydrogens is 212 g/mol. The topological polar surface area (TPSA) is 60.7 Å². The fourth-order valence-corrected chi connectivity index (χ4v) is 2.00. The van der Waals surface area contributed by atoms with Crippen molar-refractivity contribution < 1.29 is 15.3 Å². The zero-order valence-electron chi connectivity index (χ0n) is 6.85. The van der Waals surface area contributed by atoms with Gasteiger partial charge in [0.1, 0.15) is 6.10 Å². The minimum absolute atomic E-state index is 0.00642. The van der Waals surface area contributed by atoms with Gasteiger partial charge in [0.05, 0.1) is 18.6 Å². The Labute approximate surface area is 85.2 Å². The van der Waals surface area contributed by atoms with Crippen LogP contribution in [0.4, 0.5) is 0 Å². The molecule has 0 aliphatic rings. The molecule has 0 aliphatic heterocycles. The van der Waals surface area contributed by atoms with E-state index in [0.717, 1.165) is 4.88 Å². The molecule has 74 valence electrons. The van der Waals surface area contributed by atoms with E-state index < -0.39 is 12.2 Å². The molecule has 1 heterocycles. The average molecular weight is 223 g/mol. The molecule has 5 heteroatoms. The summed E-state index contributed by atoms with van der Waals surface area (Å²) in [7, 11) is 0. The highest BCUT2D eigenvalue weighted by Crippen LogP contribution is 2.25. The summed E-state index contributed by atoms with van der Waals surface area (Å²) in [5.74, 6) is -0.00642. The van der Waals surface area contributed by atoms with Crippen LogP contribution in [0.1, 0.15) is 15.9 Å². The van der Waals surface area contributed by atoms with Gasteiger partial charge in [0.2, 0.25) is 0 Å². The van der Waals surface area contributed by atoms with Crippen molar-refractivity contribution in [2.24, 2.45) is 0 Å². The summed E-state index contributed by atoms with van der Waals surface area (Å²) in [6, 6.07) is 3.39. The molecule has 0 radical (unpaired) electrons. The highest BCUT2D eigenvalue weighted by Gasteiger charge is 2.18. The van der Waals surface area contributed by atoms with E-state index in [1.807, 2.05) is 0 Å². The second kappa shape index (κ2) is 4.93. The van der Waals surface area contributed by atoms with E-state index in [-0.39, 0.29) is 12.5 Å². The largest absolute Gasteiger partial charge is 0.391 e. The van der Waals surface area contributed by atoms with Crippen LogP contribution >= 0.6 is 22.9 Å². The Morgan fingerprint density at radius 2 is 2.08 bits per heavy atom. The molecule has 2 atom stereocenters. The molecule has 0 aliphatic carbocycles. The second-order valence-electron chi connectivity index (χ2n) is 2.63. The molecule has 0 bridgehead atoms. The first kappa shape index (κ1) is 10.9. The van der Waals surface area contributed by atoms with Crippen molar-refractivity contribution >= 4 is 22.9 Å². The lowest BCUT2D eigenvalue weighted by atomic mass is 10.2. The quantitative estimate of drug-likeness (QED) is 0.663. The van der Waals surface area contributed by atoms with Crippen LogP contribution in [0.5, 0.6) is 0 Å². The smallest absolute Gasteiger partial charge is 0.115 e. The molecule has 1 aromatic rings. The maximum atomic E-state index is 9.49. The van der Waals surface area contributed by atoms with E-state index in [0.29, 0.717) is 4.88 Å². The highest BCUT2D eigenvalue weighted by molar-refractivity contribution is 7.12. The van der Waals surface area contributed by atoms with Gasteiger partial charge in [-0.25, -0.2) is 0 Å². The number of halogens is 1. The third-order valence-electron chi connectivity index (χ3n) is 1.65. The molecular formula is C8H11ClO3S. The highest BCUT2D eigenvalue weighted by atomic mass is 35.5. The Morgan fingerprint density at radius 1 is 1.38 bits per heavy atom. The Bertz CT molecular complexity index is 264. The molecule has 0 spiro atoms. The van der Waals surface area contributed by atoms with Crippen LogP contribution in [-0.4, -0.2) is 27.3 Å². The Balaban J connectivity index is 2.70. The van der Waals surface area contributed by atoms with Crippen LogP contribution in [0.15, 0.2) is 12.1 Å². The van der Waals surface area contributed by atoms with Gasteiger partial charge in [-0.3, -0.25) is 0 Å². The lowest BCUT2D eigenvalue weighted by Crippen LogP contribution is -2.18. The van der Waals surface area contributed by atoms with Crippen molar-refractivity contribution in [2.45, 2.75) is 18.8 Å². The van der Waals surface area contributed by atoms with Gasteiger partial charge in [0.25, 0.3) is 0 Å². The zero-order chi connectivity index (χ0) is 9.84. The molecule has 0 saturated heterocycles. The lowest BCUT2D eigenvalue weighted by Gasteiger charge is -2.12. The maximum absolute atomic E-state index is 9.49. The van der Waals surface area contributed by atoms with E-state index in [2.05, 4.69) is 0 Å². The number of thiophene rings is 1. The van der Waals surface area contributed by atoms with Crippen LogP contribution in [0.25, 0.3) is 0 Å². The van der Waals surface area contributed by atoms with Crippen LogP contribution in [0.3, 0.4) is 0 Å². The molecule has 0 aromatic carbocycles. The van der Waals surface area contributed by atoms with Crippen molar-refractivity contribution in [3.8, 4) is 0 Å². The Kier molecular flexibility index (Phi) is 4.15. The number of alkyl halides is 1. The van der Waals surface area contributed by atoms with E-state index in [4.69, 9.17) is 16.7 Å². The van der Waals surface area contributed by atoms with Gasteiger partial charge in [0, 0.05) is 9.75 Å². The minimum atomic E-state index is -0.956. The SMILES string of the molecule is OCc1ccc(C(O)C(O)CCl)s1. The fourth-order valence-electron chi connectivity index (χ4n) is 0.912. The summed E-state index contributed by atoms with van der Waals surface area (Å²) in [5, 5.41) is 27.5. The van der Waals surface area contributed by atoms with Gasteiger partial charge in [0.15, 0.2) is 0 Å². The third kappa shape index (κ3) is 2.65. The van der Waals surface area contributed by atoms with Crippen molar-refractivity contribution in [1.82, 2.24) is 0 Å². The maximum Gasteiger partial charge on any atom is 0.115 e. The number of rotatable bonds is 4. The zero-order valence-corrected chi connectivity index (χ0v) is 8.42. The summed E-state index contributed by atoms with van der Waals surface area (Å²) in [4.78, 5) is 1.38. The third-order valence-corrected chi connectivity index (χ3v) is 3.11. The Morgan fingerprint density at radius 3 is 2.54 bits per heavy atom. The first-order valence-electron chi connectivity index (χ1n) is 3.80. The summed E-state index contributed by atoms with van der Waals surface area (Å²) in [6.45, 7) is -0.0473. The number of hydrogen-bond donors (Lipinski definition) is 3. The Hall–Kier alpha value is -0.130. The lowest BCUT2D eigenvalue weighted by molar-refractivity contribution is 0.0350. The van der Waals surface area contributed by atoms with E-state index in [1.165, 1.54) is 11.3 Å². The predicted molar refractivity (Wildman–Crippen MR) is 51.9 cm³/mol.